The molecule has 1 aliphatic heterocycles. The maximum Gasteiger partial charge on any atom is 0.290 e. The van der Waals surface area contributed by atoms with Crippen molar-refractivity contribution in [1.29, 1.82) is 0 Å². The number of thiophene rings is 1. The van der Waals surface area contributed by atoms with Crippen molar-refractivity contribution in [3.8, 4) is 5.75 Å². The summed E-state index contributed by atoms with van der Waals surface area (Å²) >= 11 is 1.64. The molecule has 3 aromatic rings. The van der Waals surface area contributed by atoms with E-state index in [1.54, 1.807) is 53.7 Å². The minimum Gasteiger partial charge on any atom is -0.488 e. The molecule has 0 aliphatic carbocycles. The second-order valence-electron chi connectivity index (χ2n) is 7.94. The summed E-state index contributed by atoms with van der Waals surface area (Å²) in [4.78, 5) is 30.8. The third-order valence-corrected chi connectivity index (χ3v) is 6.77. The van der Waals surface area contributed by atoms with Crippen LogP contribution in [-0.4, -0.2) is 61.6 Å². The SMILES string of the molecule is COCCCN(CC(=O)N1CCc2sccc2C1COc1ccccc1F)C(=O)c1ccco1. The maximum absolute atomic E-state index is 14.1. The fourth-order valence-corrected chi connectivity index (χ4v) is 5.00. The van der Waals surface area contributed by atoms with Gasteiger partial charge in [-0.2, -0.15) is 0 Å². The number of methoxy groups -OCH3 is 1. The number of rotatable bonds is 10. The maximum atomic E-state index is 14.1. The number of ether oxygens (including phenoxy) is 2. The van der Waals surface area contributed by atoms with Gasteiger partial charge in [0, 0.05) is 31.7 Å². The molecule has 1 unspecified atom stereocenters. The smallest absolute Gasteiger partial charge is 0.290 e. The lowest BCUT2D eigenvalue weighted by molar-refractivity contribution is -0.135. The standard InChI is InChI=1S/C25H27FN2O5S/c1-31-13-5-11-27(25(30)22-8-4-14-32-22)16-24(29)28-12-9-23-18(10-15-34-23)20(28)17-33-21-7-3-2-6-19(21)26/h2-4,6-8,10,14-15,20H,5,9,11-13,16-17H2,1H3. The molecule has 1 aromatic carbocycles. The molecular formula is C25H27FN2O5S. The molecule has 3 heterocycles. The molecule has 0 spiro atoms. The number of amides is 2. The Morgan fingerprint density at radius 1 is 1.24 bits per heavy atom. The van der Waals surface area contributed by atoms with E-state index < -0.39 is 5.82 Å². The summed E-state index contributed by atoms with van der Waals surface area (Å²) < 4.78 is 30.3. The van der Waals surface area contributed by atoms with Crippen LogP contribution >= 0.6 is 11.3 Å². The molecule has 1 atom stereocenters. The molecule has 0 radical (unpaired) electrons. The van der Waals surface area contributed by atoms with E-state index in [4.69, 9.17) is 13.9 Å². The number of para-hydroxylation sites is 1. The molecule has 180 valence electrons. The minimum absolute atomic E-state index is 0.0983. The number of benzene rings is 1. The molecule has 9 heteroatoms. The summed E-state index contributed by atoms with van der Waals surface area (Å²) in [5, 5.41) is 1.99. The summed E-state index contributed by atoms with van der Waals surface area (Å²) in [6, 6.07) is 11.0. The highest BCUT2D eigenvalue weighted by Crippen LogP contribution is 2.34. The molecule has 34 heavy (non-hydrogen) atoms. The van der Waals surface area contributed by atoms with Crippen LogP contribution in [0.3, 0.4) is 0 Å². The second kappa shape index (κ2) is 11.3. The van der Waals surface area contributed by atoms with E-state index in [-0.39, 0.29) is 42.5 Å². The quantitative estimate of drug-likeness (QED) is 0.403. The summed E-state index contributed by atoms with van der Waals surface area (Å²) in [7, 11) is 1.59. The molecule has 0 fully saturated rings. The molecule has 0 saturated heterocycles. The Morgan fingerprint density at radius 2 is 2.09 bits per heavy atom. The van der Waals surface area contributed by atoms with Crippen LogP contribution in [0.1, 0.15) is 33.5 Å². The van der Waals surface area contributed by atoms with Crippen molar-refractivity contribution < 1.29 is 27.9 Å². The highest BCUT2D eigenvalue weighted by molar-refractivity contribution is 7.10. The summed E-state index contributed by atoms with van der Waals surface area (Å²) in [5.41, 5.74) is 1.00. The number of hydrogen-bond donors (Lipinski definition) is 0. The Kier molecular flexibility index (Phi) is 7.97. The number of halogens is 1. The van der Waals surface area contributed by atoms with Gasteiger partial charge in [-0.3, -0.25) is 9.59 Å². The zero-order valence-electron chi connectivity index (χ0n) is 18.9. The van der Waals surface area contributed by atoms with Gasteiger partial charge in [0.2, 0.25) is 5.91 Å². The average molecular weight is 487 g/mol. The zero-order valence-corrected chi connectivity index (χ0v) is 19.8. The largest absolute Gasteiger partial charge is 0.488 e. The Bertz CT molecular complexity index is 1100. The third kappa shape index (κ3) is 5.48. The molecule has 0 saturated carbocycles. The van der Waals surface area contributed by atoms with E-state index in [1.807, 2.05) is 11.4 Å². The Labute approximate surface area is 201 Å². The molecule has 0 bridgehead atoms. The summed E-state index contributed by atoms with van der Waals surface area (Å²) in [6.45, 7) is 1.34. The van der Waals surface area contributed by atoms with Gasteiger partial charge in [-0.1, -0.05) is 12.1 Å². The van der Waals surface area contributed by atoms with E-state index in [0.29, 0.717) is 26.1 Å². The van der Waals surface area contributed by atoms with Crippen LogP contribution in [0.5, 0.6) is 5.75 Å². The third-order valence-electron chi connectivity index (χ3n) is 5.77. The number of fused-ring (bicyclic) bond motifs is 1. The second-order valence-corrected chi connectivity index (χ2v) is 8.94. The van der Waals surface area contributed by atoms with E-state index >= 15 is 0 Å². The molecule has 2 aromatic heterocycles. The van der Waals surface area contributed by atoms with E-state index in [1.165, 1.54) is 22.1 Å². The molecule has 7 nitrogen and oxygen atoms in total. The van der Waals surface area contributed by atoms with Gasteiger partial charge in [-0.15, -0.1) is 11.3 Å². The lowest BCUT2D eigenvalue weighted by Gasteiger charge is -2.37. The zero-order chi connectivity index (χ0) is 23.9. The molecule has 2 amide bonds. The van der Waals surface area contributed by atoms with Crippen molar-refractivity contribution in [2.75, 3.05) is 40.0 Å². The normalized spacial score (nSPS) is 15.1. The molecule has 0 N–H and O–H groups in total. The van der Waals surface area contributed by atoms with Crippen molar-refractivity contribution in [2.45, 2.75) is 18.9 Å². The predicted octanol–water partition coefficient (Wildman–Crippen LogP) is 4.16. The first-order valence-corrected chi connectivity index (χ1v) is 12.0. The highest BCUT2D eigenvalue weighted by atomic mass is 32.1. The number of hydrogen-bond acceptors (Lipinski definition) is 6. The van der Waals surface area contributed by atoms with Gasteiger partial charge < -0.3 is 23.7 Å². The Morgan fingerprint density at radius 3 is 2.85 bits per heavy atom. The van der Waals surface area contributed by atoms with Crippen LogP contribution in [0.4, 0.5) is 4.39 Å². The van der Waals surface area contributed by atoms with Gasteiger partial charge in [0.05, 0.1) is 12.3 Å². The van der Waals surface area contributed by atoms with E-state index in [9.17, 15) is 14.0 Å². The topological polar surface area (TPSA) is 72.2 Å². The molecule has 1 aliphatic rings. The number of nitrogens with zero attached hydrogens (tertiary/aromatic N) is 2. The van der Waals surface area contributed by atoms with Crippen LogP contribution in [-0.2, 0) is 16.0 Å². The van der Waals surface area contributed by atoms with Crippen molar-refractivity contribution >= 4 is 23.2 Å². The Hall–Kier alpha value is -3.17. The molecular weight excluding hydrogens is 459 g/mol. The van der Waals surface area contributed by atoms with Gasteiger partial charge in [0.15, 0.2) is 17.3 Å². The fourth-order valence-electron chi connectivity index (χ4n) is 4.07. The summed E-state index contributed by atoms with van der Waals surface area (Å²) in [6.07, 6.45) is 2.75. The van der Waals surface area contributed by atoms with E-state index in [0.717, 1.165) is 12.0 Å². The first-order valence-electron chi connectivity index (χ1n) is 11.1. The lowest BCUT2D eigenvalue weighted by Crippen LogP contribution is -2.48. The van der Waals surface area contributed by atoms with Crippen molar-refractivity contribution in [3.05, 3.63) is 76.1 Å². The van der Waals surface area contributed by atoms with Crippen molar-refractivity contribution in [3.63, 3.8) is 0 Å². The average Bonchev–Trinajstić information content (AvgIpc) is 3.54. The lowest BCUT2D eigenvalue weighted by atomic mass is 10.0. The van der Waals surface area contributed by atoms with Crippen LogP contribution in [0.15, 0.2) is 58.5 Å². The van der Waals surface area contributed by atoms with Gasteiger partial charge >= 0.3 is 0 Å². The van der Waals surface area contributed by atoms with Gasteiger partial charge in [0.1, 0.15) is 13.2 Å². The number of furan rings is 1. The van der Waals surface area contributed by atoms with Gasteiger partial charge in [-0.05, 0) is 54.1 Å². The monoisotopic (exact) mass is 486 g/mol. The van der Waals surface area contributed by atoms with Gasteiger partial charge in [-0.25, -0.2) is 4.39 Å². The van der Waals surface area contributed by atoms with Gasteiger partial charge in [0.25, 0.3) is 5.91 Å². The fraction of sp³-hybridized carbons (Fsp3) is 0.360. The van der Waals surface area contributed by atoms with Crippen molar-refractivity contribution in [2.24, 2.45) is 0 Å². The van der Waals surface area contributed by atoms with Crippen LogP contribution in [0, 0.1) is 5.82 Å². The Balaban J connectivity index is 1.51. The minimum atomic E-state index is -0.449. The molecule has 4 rings (SSSR count). The summed E-state index contributed by atoms with van der Waals surface area (Å²) in [5.74, 6) is -0.664. The van der Waals surface area contributed by atoms with Crippen LogP contribution in [0.25, 0.3) is 0 Å². The number of carbonyl (C=O) groups is 2. The van der Waals surface area contributed by atoms with Crippen molar-refractivity contribution in [1.82, 2.24) is 9.80 Å². The van der Waals surface area contributed by atoms with Crippen LogP contribution in [0.2, 0.25) is 0 Å². The number of carbonyl (C=O) groups excluding carboxylic acids is 2. The predicted molar refractivity (Wildman–Crippen MR) is 125 cm³/mol. The highest BCUT2D eigenvalue weighted by Gasteiger charge is 2.34. The van der Waals surface area contributed by atoms with E-state index in [2.05, 4.69) is 0 Å². The first-order chi connectivity index (χ1) is 16.6. The first kappa shape index (κ1) is 24.0. The van der Waals surface area contributed by atoms with Crippen LogP contribution < -0.4 is 4.74 Å².